The number of nitrogens with one attached hydrogen (secondary N) is 2. The van der Waals surface area contributed by atoms with Gasteiger partial charge < -0.3 is 15.5 Å². The van der Waals surface area contributed by atoms with Gasteiger partial charge in [-0.2, -0.15) is 8.78 Å². The fourth-order valence-corrected chi connectivity index (χ4v) is 4.55. The van der Waals surface area contributed by atoms with Gasteiger partial charge in [0.05, 0.1) is 11.7 Å². The number of anilines is 1. The van der Waals surface area contributed by atoms with E-state index in [9.17, 15) is 13.6 Å². The zero-order chi connectivity index (χ0) is 28.7. The molecule has 1 aliphatic heterocycles. The van der Waals surface area contributed by atoms with Crippen LogP contribution < -0.4 is 15.5 Å². The molecule has 2 N–H and O–H groups in total. The van der Waals surface area contributed by atoms with E-state index in [2.05, 4.69) is 32.2 Å². The molecule has 0 unspecified atom stereocenters. The molecule has 1 aliphatic carbocycles. The lowest BCUT2D eigenvalue weighted by Gasteiger charge is -2.30. The standard InChI is InChI=1S/C28H29F2N7O.C2H6/c1-3-18(15-23(31-2)35-27(38)28(29,30)20-7-5-4-6-8-20)25-34-22-17-33-16-21(19-9-10-19)24(22)26(36-25)37-13-11-32-12-14-37;1-2/h3-8,15-17,19,32H,2,9-14H2,1H3,(H,35,38);1-2H3/b18-3+,23-15+;. The summed E-state index contributed by atoms with van der Waals surface area (Å²) in [7, 11) is 0. The number of allylic oxidation sites excluding steroid dienone is 3. The van der Waals surface area contributed by atoms with Gasteiger partial charge in [-0.05, 0) is 44.0 Å². The van der Waals surface area contributed by atoms with Crippen LogP contribution in [0, 0.1) is 0 Å². The zero-order valence-electron chi connectivity index (χ0n) is 23.1. The van der Waals surface area contributed by atoms with Crippen LogP contribution in [0.25, 0.3) is 16.5 Å². The Morgan fingerprint density at radius 3 is 2.48 bits per heavy atom. The zero-order valence-corrected chi connectivity index (χ0v) is 23.1. The molecule has 0 spiro atoms. The van der Waals surface area contributed by atoms with Gasteiger partial charge in [0.15, 0.2) is 5.82 Å². The Bertz CT molecular complexity index is 1410. The molecule has 2 aliphatic rings. The molecule has 0 atom stereocenters. The molecule has 2 fully saturated rings. The number of amides is 1. The molecule has 5 rings (SSSR count). The number of alkyl halides is 2. The number of nitrogens with zero attached hydrogens (tertiary/aromatic N) is 5. The second-order valence-corrected chi connectivity index (χ2v) is 9.33. The summed E-state index contributed by atoms with van der Waals surface area (Å²) in [5.41, 5.74) is 1.97. The number of benzene rings is 1. The van der Waals surface area contributed by atoms with Gasteiger partial charge >= 0.3 is 11.8 Å². The van der Waals surface area contributed by atoms with Crippen molar-refractivity contribution in [2.45, 2.75) is 45.5 Å². The smallest absolute Gasteiger partial charge is 0.350 e. The van der Waals surface area contributed by atoms with E-state index in [1.807, 2.05) is 20.0 Å². The average Bonchev–Trinajstić information content (AvgIpc) is 3.86. The fourth-order valence-electron chi connectivity index (χ4n) is 4.55. The van der Waals surface area contributed by atoms with E-state index in [1.54, 1.807) is 25.3 Å². The van der Waals surface area contributed by atoms with E-state index < -0.39 is 17.4 Å². The highest BCUT2D eigenvalue weighted by molar-refractivity contribution is 5.94. The van der Waals surface area contributed by atoms with E-state index in [-0.39, 0.29) is 5.82 Å². The van der Waals surface area contributed by atoms with Crippen molar-refractivity contribution >= 4 is 34.9 Å². The van der Waals surface area contributed by atoms with Crippen LogP contribution in [0.15, 0.2) is 65.7 Å². The number of aliphatic imine (C=N–C) groups is 1. The number of piperazine rings is 1. The predicted molar refractivity (Wildman–Crippen MR) is 156 cm³/mol. The van der Waals surface area contributed by atoms with Crippen LogP contribution in [-0.2, 0) is 10.7 Å². The molecule has 1 amide bonds. The van der Waals surface area contributed by atoms with Crippen molar-refractivity contribution in [2.24, 2.45) is 4.99 Å². The summed E-state index contributed by atoms with van der Waals surface area (Å²) in [5, 5.41) is 6.58. The largest absolute Gasteiger partial charge is 0.353 e. The third kappa shape index (κ3) is 6.22. The van der Waals surface area contributed by atoms with Crippen LogP contribution in [0.2, 0.25) is 0 Å². The Balaban J connectivity index is 0.00000181. The van der Waals surface area contributed by atoms with Gasteiger partial charge in [0.1, 0.15) is 11.6 Å². The summed E-state index contributed by atoms with van der Waals surface area (Å²) in [6.07, 6.45) is 9.07. The third-order valence-corrected chi connectivity index (χ3v) is 6.75. The quantitative estimate of drug-likeness (QED) is 0.298. The summed E-state index contributed by atoms with van der Waals surface area (Å²) < 4.78 is 29.5. The van der Waals surface area contributed by atoms with Crippen molar-refractivity contribution in [1.82, 2.24) is 25.6 Å². The van der Waals surface area contributed by atoms with Crippen LogP contribution in [0.4, 0.5) is 14.6 Å². The first-order valence-electron chi connectivity index (χ1n) is 13.6. The molecule has 0 radical (unpaired) electrons. The molecule has 1 aromatic carbocycles. The van der Waals surface area contributed by atoms with Gasteiger partial charge in [0, 0.05) is 48.9 Å². The molecule has 210 valence electrons. The van der Waals surface area contributed by atoms with Crippen LogP contribution >= 0.6 is 0 Å². The lowest BCUT2D eigenvalue weighted by Crippen LogP contribution is -2.44. The Morgan fingerprint density at radius 2 is 1.85 bits per heavy atom. The van der Waals surface area contributed by atoms with Crippen molar-refractivity contribution in [2.75, 3.05) is 31.1 Å². The molecular weight excluding hydrogens is 512 g/mol. The number of halogens is 2. The number of carbonyl (C=O) groups is 1. The van der Waals surface area contributed by atoms with Crippen molar-refractivity contribution < 1.29 is 13.6 Å². The summed E-state index contributed by atoms with van der Waals surface area (Å²) in [4.78, 5) is 32.7. The van der Waals surface area contributed by atoms with Crippen molar-refractivity contribution in [1.29, 1.82) is 0 Å². The first-order chi connectivity index (χ1) is 19.4. The first-order valence-corrected chi connectivity index (χ1v) is 13.6. The van der Waals surface area contributed by atoms with Gasteiger partial charge in [-0.1, -0.05) is 50.3 Å². The van der Waals surface area contributed by atoms with E-state index in [0.29, 0.717) is 22.8 Å². The minimum absolute atomic E-state index is 0.129. The average molecular weight is 548 g/mol. The van der Waals surface area contributed by atoms with E-state index in [4.69, 9.17) is 9.97 Å². The number of aromatic nitrogens is 3. The maximum atomic E-state index is 14.8. The normalized spacial score (nSPS) is 16.3. The fraction of sp³-hybridized carbons (Fsp3) is 0.367. The molecule has 8 nitrogen and oxygen atoms in total. The van der Waals surface area contributed by atoms with E-state index >= 15 is 0 Å². The predicted octanol–water partition coefficient (Wildman–Crippen LogP) is 5.19. The van der Waals surface area contributed by atoms with Crippen LogP contribution in [-0.4, -0.2) is 53.8 Å². The lowest BCUT2D eigenvalue weighted by atomic mass is 10.1. The van der Waals surface area contributed by atoms with Gasteiger partial charge in [-0.3, -0.25) is 9.78 Å². The van der Waals surface area contributed by atoms with Crippen molar-refractivity contribution in [3.05, 3.63) is 77.6 Å². The highest BCUT2D eigenvalue weighted by atomic mass is 19.3. The Kier molecular flexibility index (Phi) is 9.31. The van der Waals surface area contributed by atoms with Crippen molar-refractivity contribution in [3.8, 4) is 0 Å². The highest BCUT2D eigenvalue weighted by Crippen LogP contribution is 2.44. The Hall–Kier alpha value is -4.05. The number of hydrogen-bond acceptors (Lipinski definition) is 7. The highest BCUT2D eigenvalue weighted by Gasteiger charge is 2.41. The minimum Gasteiger partial charge on any atom is -0.353 e. The monoisotopic (exact) mass is 547 g/mol. The second-order valence-electron chi connectivity index (χ2n) is 9.33. The molecule has 40 heavy (non-hydrogen) atoms. The first kappa shape index (κ1) is 28.9. The topological polar surface area (TPSA) is 95.4 Å². The number of carbonyl (C=O) groups excluding carboxylic acids is 1. The van der Waals surface area contributed by atoms with E-state index in [0.717, 1.165) is 55.8 Å². The SMILES string of the molecule is C=N/C(=C\C(=C/C)c1nc(N2CCNCC2)c2c(C3CC3)cncc2n1)NC(=O)C(F)(F)c1ccccc1.CC. The molecular formula is C30H35F2N7O. The molecule has 1 saturated carbocycles. The molecule has 1 saturated heterocycles. The van der Waals surface area contributed by atoms with Crippen LogP contribution in [0.3, 0.4) is 0 Å². The molecule has 0 bridgehead atoms. The van der Waals surface area contributed by atoms with E-state index in [1.165, 1.54) is 30.3 Å². The second kappa shape index (κ2) is 12.9. The number of pyridine rings is 1. The van der Waals surface area contributed by atoms with Gasteiger partial charge in [-0.25, -0.2) is 15.0 Å². The third-order valence-electron chi connectivity index (χ3n) is 6.75. The maximum absolute atomic E-state index is 14.8. The number of hydrogen-bond donors (Lipinski definition) is 2. The van der Waals surface area contributed by atoms with Crippen molar-refractivity contribution in [3.63, 3.8) is 0 Å². The maximum Gasteiger partial charge on any atom is 0.350 e. The van der Waals surface area contributed by atoms with Gasteiger partial charge in [-0.15, -0.1) is 0 Å². The summed E-state index contributed by atoms with van der Waals surface area (Å²) in [6.45, 7) is 12.5. The van der Waals surface area contributed by atoms with Gasteiger partial charge in [0.2, 0.25) is 0 Å². The summed E-state index contributed by atoms with van der Waals surface area (Å²) in [5.74, 6) is -3.71. The summed E-state index contributed by atoms with van der Waals surface area (Å²) in [6, 6.07) is 6.91. The Labute approximate surface area is 233 Å². The lowest BCUT2D eigenvalue weighted by molar-refractivity contribution is -0.146. The van der Waals surface area contributed by atoms with Crippen LogP contribution in [0.5, 0.6) is 0 Å². The molecule has 10 heteroatoms. The minimum atomic E-state index is -3.75. The number of rotatable bonds is 8. The summed E-state index contributed by atoms with van der Waals surface area (Å²) >= 11 is 0. The number of fused-ring (bicyclic) bond motifs is 1. The molecule has 3 heterocycles. The van der Waals surface area contributed by atoms with Gasteiger partial charge in [0.25, 0.3) is 0 Å². The van der Waals surface area contributed by atoms with Crippen LogP contribution in [0.1, 0.15) is 56.5 Å². The Morgan fingerprint density at radius 1 is 1.15 bits per heavy atom. The molecule has 2 aromatic heterocycles. The molecule has 3 aromatic rings.